The first kappa shape index (κ1) is 18.1. The predicted octanol–water partition coefficient (Wildman–Crippen LogP) is 2.60. The molecule has 3 heterocycles. The van der Waals surface area contributed by atoms with E-state index in [1.807, 2.05) is 28.8 Å². The summed E-state index contributed by atoms with van der Waals surface area (Å²) in [5, 5.41) is 11.5. The molecule has 1 aliphatic rings. The third-order valence-corrected chi connectivity index (χ3v) is 5.04. The van der Waals surface area contributed by atoms with E-state index >= 15 is 0 Å². The number of pyridine rings is 1. The van der Waals surface area contributed by atoms with Crippen LogP contribution in [0.5, 0.6) is 11.5 Å². The van der Waals surface area contributed by atoms with Gasteiger partial charge in [-0.15, -0.1) is 10.2 Å². The lowest BCUT2D eigenvalue weighted by atomic mass is 9.97. The van der Waals surface area contributed by atoms with Gasteiger partial charge in [0.15, 0.2) is 5.65 Å². The van der Waals surface area contributed by atoms with Crippen molar-refractivity contribution >= 4 is 23.2 Å². The van der Waals surface area contributed by atoms with E-state index in [1.165, 1.54) is 0 Å². The lowest BCUT2D eigenvalue weighted by Gasteiger charge is -2.32. The number of ether oxygens (including phenoxy) is 2. The fourth-order valence-corrected chi connectivity index (χ4v) is 3.55. The van der Waals surface area contributed by atoms with E-state index in [4.69, 9.17) is 9.47 Å². The van der Waals surface area contributed by atoms with Crippen molar-refractivity contribution < 1.29 is 14.3 Å². The number of nitrogens with one attached hydrogen (secondary N) is 1. The van der Waals surface area contributed by atoms with Gasteiger partial charge < -0.3 is 19.7 Å². The van der Waals surface area contributed by atoms with E-state index in [0.717, 1.165) is 31.0 Å². The van der Waals surface area contributed by atoms with Crippen LogP contribution in [-0.2, 0) is 4.79 Å². The Balaban J connectivity index is 1.49. The summed E-state index contributed by atoms with van der Waals surface area (Å²) in [4.78, 5) is 15.0. The Morgan fingerprint density at radius 2 is 2.07 bits per heavy atom. The summed E-state index contributed by atoms with van der Waals surface area (Å²) in [7, 11) is 3.17. The monoisotopic (exact) mass is 381 g/mol. The van der Waals surface area contributed by atoms with E-state index in [2.05, 4.69) is 20.4 Å². The lowest BCUT2D eigenvalue weighted by Crippen LogP contribution is -2.41. The number of carbonyl (C=O) groups excluding carboxylic acids is 1. The molecule has 1 N–H and O–H groups in total. The van der Waals surface area contributed by atoms with Crippen LogP contribution in [-0.4, -0.2) is 47.8 Å². The van der Waals surface area contributed by atoms with Crippen molar-refractivity contribution in [3.63, 3.8) is 0 Å². The predicted molar refractivity (Wildman–Crippen MR) is 106 cm³/mol. The van der Waals surface area contributed by atoms with Crippen LogP contribution in [0, 0.1) is 5.92 Å². The van der Waals surface area contributed by atoms with Gasteiger partial charge in [0.1, 0.15) is 11.5 Å². The maximum atomic E-state index is 12.9. The van der Waals surface area contributed by atoms with Crippen LogP contribution in [0.1, 0.15) is 12.8 Å². The fraction of sp³-hybridized carbons (Fsp3) is 0.350. The molecule has 1 atom stereocenters. The standard InChI is InChI=1S/C20H23N5O3/c1-27-15-8-9-16(17(12-15)28-2)21-19(26)14-6-5-10-24(13-14)20-23-22-18-7-3-4-11-25(18)20/h3-4,7-9,11-12,14H,5-6,10,13H2,1-2H3,(H,21,26). The molecule has 1 fully saturated rings. The van der Waals surface area contributed by atoms with Crippen LogP contribution in [0.4, 0.5) is 11.6 Å². The average Bonchev–Trinajstić information content (AvgIpc) is 3.18. The number of aromatic nitrogens is 3. The second-order valence-corrected chi connectivity index (χ2v) is 6.77. The van der Waals surface area contributed by atoms with Gasteiger partial charge in [0.25, 0.3) is 0 Å². The van der Waals surface area contributed by atoms with Gasteiger partial charge >= 0.3 is 0 Å². The average molecular weight is 381 g/mol. The number of methoxy groups -OCH3 is 2. The number of carbonyl (C=O) groups is 1. The molecule has 0 bridgehead atoms. The van der Waals surface area contributed by atoms with Crippen LogP contribution < -0.4 is 19.7 Å². The molecule has 2 aromatic heterocycles. The van der Waals surface area contributed by atoms with Gasteiger partial charge in [0.05, 0.1) is 25.8 Å². The Morgan fingerprint density at radius 3 is 2.89 bits per heavy atom. The molecule has 1 amide bonds. The molecule has 0 aliphatic carbocycles. The van der Waals surface area contributed by atoms with Crippen LogP contribution >= 0.6 is 0 Å². The van der Waals surface area contributed by atoms with E-state index in [-0.39, 0.29) is 11.8 Å². The van der Waals surface area contributed by atoms with Gasteiger partial charge in [0, 0.05) is 25.4 Å². The number of rotatable bonds is 5. The molecule has 1 aliphatic heterocycles. The second kappa shape index (κ2) is 7.75. The molecule has 0 saturated carbocycles. The smallest absolute Gasteiger partial charge is 0.231 e. The molecule has 1 unspecified atom stereocenters. The number of fused-ring (bicyclic) bond motifs is 1. The van der Waals surface area contributed by atoms with Crippen molar-refractivity contribution in [3.8, 4) is 11.5 Å². The minimum atomic E-state index is -0.142. The highest BCUT2D eigenvalue weighted by molar-refractivity contribution is 5.94. The number of anilines is 2. The second-order valence-electron chi connectivity index (χ2n) is 6.77. The van der Waals surface area contributed by atoms with Crippen molar-refractivity contribution in [2.45, 2.75) is 12.8 Å². The maximum Gasteiger partial charge on any atom is 0.231 e. The minimum absolute atomic E-state index is 0.0259. The number of hydrogen-bond acceptors (Lipinski definition) is 6. The third kappa shape index (κ3) is 3.45. The highest BCUT2D eigenvalue weighted by Crippen LogP contribution is 2.30. The van der Waals surface area contributed by atoms with Gasteiger partial charge in [-0.25, -0.2) is 0 Å². The highest BCUT2D eigenvalue weighted by Gasteiger charge is 2.28. The number of benzene rings is 1. The molecular weight excluding hydrogens is 358 g/mol. The first-order valence-corrected chi connectivity index (χ1v) is 9.27. The number of amides is 1. The summed E-state index contributed by atoms with van der Waals surface area (Å²) >= 11 is 0. The summed E-state index contributed by atoms with van der Waals surface area (Å²) in [6.07, 6.45) is 3.69. The van der Waals surface area contributed by atoms with Crippen LogP contribution in [0.3, 0.4) is 0 Å². The number of nitrogens with zero attached hydrogens (tertiary/aromatic N) is 4. The van der Waals surface area contributed by atoms with Gasteiger partial charge in [-0.2, -0.15) is 0 Å². The molecule has 1 saturated heterocycles. The van der Waals surface area contributed by atoms with Crippen LogP contribution in [0.2, 0.25) is 0 Å². The third-order valence-electron chi connectivity index (χ3n) is 5.04. The Morgan fingerprint density at radius 1 is 1.18 bits per heavy atom. The lowest BCUT2D eigenvalue weighted by molar-refractivity contribution is -0.120. The molecule has 1 aromatic carbocycles. The molecule has 4 rings (SSSR count). The highest BCUT2D eigenvalue weighted by atomic mass is 16.5. The van der Waals surface area contributed by atoms with Crippen molar-refractivity contribution in [2.24, 2.45) is 5.92 Å². The summed E-state index contributed by atoms with van der Waals surface area (Å²) < 4.78 is 12.5. The van der Waals surface area contributed by atoms with Gasteiger partial charge in [-0.3, -0.25) is 9.20 Å². The molecule has 28 heavy (non-hydrogen) atoms. The zero-order chi connectivity index (χ0) is 19.5. The van der Waals surface area contributed by atoms with Crippen molar-refractivity contribution in [3.05, 3.63) is 42.6 Å². The Kier molecular flexibility index (Phi) is 5.01. The van der Waals surface area contributed by atoms with Gasteiger partial charge in [-0.1, -0.05) is 6.07 Å². The quantitative estimate of drug-likeness (QED) is 0.732. The van der Waals surface area contributed by atoms with Crippen molar-refractivity contribution in [1.29, 1.82) is 0 Å². The Bertz CT molecular complexity index is 987. The van der Waals surface area contributed by atoms with E-state index in [9.17, 15) is 4.79 Å². The molecule has 0 spiro atoms. The van der Waals surface area contributed by atoms with Crippen LogP contribution in [0.15, 0.2) is 42.6 Å². The summed E-state index contributed by atoms with van der Waals surface area (Å²) in [6, 6.07) is 11.1. The Labute approximate surface area is 163 Å². The zero-order valence-corrected chi connectivity index (χ0v) is 16.0. The normalized spacial score (nSPS) is 16.8. The van der Waals surface area contributed by atoms with Gasteiger partial charge in [0.2, 0.25) is 11.9 Å². The zero-order valence-electron chi connectivity index (χ0n) is 16.0. The minimum Gasteiger partial charge on any atom is -0.497 e. The van der Waals surface area contributed by atoms with E-state index in [0.29, 0.717) is 23.7 Å². The van der Waals surface area contributed by atoms with E-state index < -0.39 is 0 Å². The van der Waals surface area contributed by atoms with Crippen molar-refractivity contribution in [2.75, 3.05) is 37.5 Å². The molecule has 8 nitrogen and oxygen atoms in total. The van der Waals surface area contributed by atoms with Crippen LogP contribution in [0.25, 0.3) is 5.65 Å². The van der Waals surface area contributed by atoms with Crippen molar-refractivity contribution in [1.82, 2.24) is 14.6 Å². The molecular formula is C20H23N5O3. The molecule has 8 heteroatoms. The fourth-order valence-electron chi connectivity index (χ4n) is 3.55. The maximum absolute atomic E-state index is 12.9. The Hall–Kier alpha value is -3.29. The summed E-state index contributed by atoms with van der Waals surface area (Å²) in [6.45, 7) is 1.45. The number of hydrogen-bond donors (Lipinski definition) is 1. The molecule has 146 valence electrons. The number of piperidine rings is 1. The summed E-state index contributed by atoms with van der Waals surface area (Å²) in [5.41, 5.74) is 1.44. The summed E-state index contributed by atoms with van der Waals surface area (Å²) in [5.74, 6) is 1.86. The topological polar surface area (TPSA) is 81.0 Å². The SMILES string of the molecule is COc1ccc(NC(=O)C2CCCN(c3nnc4ccccn34)C2)c(OC)c1. The van der Waals surface area contributed by atoms with Gasteiger partial charge in [-0.05, 0) is 37.1 Å². The largest absolute Gasteiger partial charge is 0.497 e. The molecule has 3 aromatic rings. The first-order valence-electron chi connectivity index (χ1n) is 9.27. The molecule has 0 radical (unpaired) electrons. The van der Waals surface area contributed by atoms with E-state index in [1.54, 1.807) is 32.4 Å². The first-order chi connectivity index (χ1) is 13.7.